The molecule has 0 aromatic carbocycles. The fourth-order valence-electron chi connectivity index (χ4n) is 3.34. The number of imidazole rings is 1. The Bertz CT molecular complexity index is 731. The zero-order valence-corrected chi connectivity index (χ0v) is 18.4. The predicted octanol–water partition coefficient (Wildman–Crippen LogP) is 3.76. The van der Waals surface area contributed by atoms with Crippen molar-refractivity contribution in [1.29, 1.82) is 0 Å². The molecule has 162 valence electrons. The number of aryl methyl sites for hydroxylation is 3. The van der Waals surface area contributed by atoms with E-state index >= 15 is 0 Å². The summed E-state index contributed by atoms with van der Waals surface area (Å²) in [5, 5.41) is 13.4. The van der Waals surface area contributed by atoms with Gasteiger partial charge >= 0.3 is 5.95 Å². The molecule has 2 rings (SSSR count). The monoisotopic (exact) mass is 404 g/mol. The standard InChI is InChI=1S/C21H38N8/c1-3-5-7-9-13-27-16-17-28(14-11-12-22)21(27)26-25-19-18-24-29(20(19)23)15-10-8-6-4-2/h16-18,23H,3-15,22H2,1-2H3/p+2. The number of hydrogen-bond acceptors (Lipinski definition) is 4. The highest BCUT2D eigenvalue weighted by Gasteiger charge is 2.18. The predicted molar refractivity (Wildman–Crippen MR) is 116 cm³/mol. The molecular weight excluding hydrogens is 364 g/mol. The van der Waals surface area contributed by atoms with Crippen molar-refractivity contribution < 1.29 is 10.3 Å². The third-order valence-electron chi connectivity index (χ3n) is 5.17. The minimum absolute atomic E-state index is 0.593. The second-order valence-electron chi connectivity index (χ2n) is 7.65. The number of nitrogen functional groups attached to an aromatic ring is 1. The van der Waals surface area contributed by atoms with Crippen molar-refractivity contribution in [2.45, 2.75) is 91.3 Å². The van der Waals surface area contributed by atoms with Crippen LogP contribution in [0.25, 0.3) is 0 Å². The largest absolute Gasteiger partial charge is 0.421 e. The Labute approximate surface area is 175 Å². The lowest BCUT2D eigenvalue weighted by molar-refractivity contribution is -0.686. The van der Waals surface area contributed by atoms with Crippen LogP contribution in [0, 0.1) is 0 Å². The van der Waals surface area contributed by atoms with E-state index in [0.717, 1.165) is 51.4 Å². The molecule has 0 unspecified atom stereocenters. The van der Waals surface area contributed by atoms with Crippen LogP contribution in [-0.2, 0) is 19.6 Å². The summed E-state index contributed by atoms with van der Waals surface area (Å²) in [6.45, 7) is 8.03. The molecule has 2 heterocycles. The Kier molecular flexibility index (Phi) is 10.4. The van der Waals surface area contributed by atoms with E-state index in [4.69, 9.17) is 5.73 Å². The van der Waals surface area contributed by atoms with Crippen molar-refractivity contribution in [2.24, 2.45) is 10.2 Å². The number of azo groups is 1. The van der Waals surface area contributed by atoms with Crippen molar-refractivity contribution in [3.05, 3.63) is 18.6 Å². The molecule has 2 aromatic rings. The molecule has 0 spiro atoms. The van der Waals surface area contributed by atoms with Crippen LogP contribution in [-0.4, -0.2) is 20.9 Å². The van der Waals surface area contributed by atoms with Gasteiger partial charge in [0.1, 0.15) is 0 Å². The summed E-state index contributed by atoms with van der Waals surface area (Å²) in [5.41, 5.74) is 10.8. The first-order valence-electron chi connectivity index (χ1n) is 11.3. The fraction of sp³-hybridized carbons (Fsp3) is 0.714. The number of hydrogen-bond donors (Lipinski definition) is 2. The maximum atomic E-state index is 6.25. The third kappa shape index (κ3) is 7.27. The van der Waals surface area contributed by atoms with E-state index in [-0.39, 0.29) is 0 Å². The number of nitrogens with zero attached hydrogens (tertiary/aromatic N) is 6. The summed E-state index contributed by atoms with van der Waals surface area (Å²) >= 11 is 0. The molecule has 0 aliphatic rings. The molecule has 5 N–H and O–H groups in total. The average Bonchev–Trinajstić information content (AvgIpc) is 3.28. The van der Waals surface area contributed by atoms with Gasteiger partial charge in [0.15, 0.2) is 11.5 Å². The Morgan fingerprint density at radius 1 is 1.00 bits per heavy atom. The van der Waals surface area contributed by atoms with E-state index < -0.39 is 0 Å². The van der Waals surface area contributed by atoms with Gasteiger partial charge < -0.3 is 11.5 Å². The number of anilines is 1. The van der Waals surface area contributed by atoms with Crippen LogP contribution in [0.15, 0.2) is 28.8 Å². The Hall–Kier alpha value is -2.22. The maximum Gasteiger partial charge on any atom is 0.421 e. The number of unbranched alkanes of at least 4 members (excludes halogenated alkanes) is 6. The summed E-state index contributed by atoms with van der Waals surface area (Å²) in [5.74, 6) is 1.46. The molecule has 0 aliphatic heterocycles. The molecule has 0 atom stereocenters. The average molecular weight is 405 g/mol. The highest BCUT2D eigenvalue weighted by atomic mass is 15.3. The van der Waals surface area contributed by atoms with Gasteiger partial charge in [-0.15, -0.1) is 0 Å². The number of quaternary nitrogens is 1. The van der Waals surface area contributed by atoms with Crippen LogP contribution in [0.5, 0.6) is 0 Å². The molecule has 2 aromatic heterocycles. The molecule has 29 heavy (non-hydrogen) atoms. The summed E-state index contributed by atoms with van der Waals surface area (Å²) < 4.78 is 6.18. The molecule has 8 heteroatoms. The smallest absolute Gasteiger partial charge is 0.382 e. The van der Waals surface area contributed by atoms with Gasteiger partial charge in [0.05, 0.1) is 38.2 Å². The minimum atomic E-state index is 0.593. The third-order valence-corrected chi connectivity index (χ3v) is 5.17. The first kappa shape index (κ1) is 23.1. The van der Waals surface area contributed by atoms with Crippen molar-refractivity contribution in [1.82, 2.24) is 14.3 Å². The van der Waals surface area contributed by atoms with E-state index in [2.05, 4.69) is 56.4 Å². The van der Waals surface area contributed by atoms with Crippen LogP contribution in [0.3, 0.4) is 0 Å². The first-order chi connectivity index (χ1) is 14.2. The Balaban J connectivity index is 2.08. The molecule has 0 saturated carbocycles. The SMILES string of the molecule is CCCCCCn1cc[n+](CCC[NH3+])c1N=Nc1cnn(CCCCCC)c1N. The Morgan fingerprint density at radius 2 is 1.72 bits per heavy atom. The van der Waals surface area contributed by atoms with Crippen LogP contribution in [0.4, 0.5) is 17.5 Å². The second kappa shape index (κ2) is 13.1. The summed E-state index contributed by atoms with van der Waals surface area (Å²) in [6.07, 6.45) is 16.6. The zero-order chi connectivity index (χ0) is 20.9. The first-order valence-corrected chi connectivity index (χ1v) is 11.3. The van der Waals surface area contributed by atoms with Gasteiger partial charge in [-0.3, -0.25) is 0 Å². The van der Waals surface area contributed by atoms with Gasteiger partial charge in [-0.1, -0.05) is 57.5 Å². The minimum Gasteiger partial charge on any atom is -0.382 e. The molecule has 0 fully saturated rings. The topological polar surface area (TPSA) is 105 Å². The van der Waals surface area contributed by atoms with Crippen LogP contribution in [0.1, 0.15) is 71.6 Å². The van der Waals surface area contributed by atoms with E-state index in [1.807, 2.05) is 4.68 Å². The van der Waals surface area contributed by atoms with E-state index in [1.165, 1.54) is 38.5 Å². The van der Waals surface area contributed by atoms with Crippen molar-refractivity contribution in [3.8, 4) is 0 Å². The summed E-state index contributed by atoms with van der Waals surface area (Å²) in [7, 11) is 0. The van der Waals surface area contributed by atoms with E-state index in [0.29, 0.717) is 11.5 Å². The molecule has 0 bridgehead atoms. The van der Waals surface area contributed by atoms with Crippen LogP contribution in [0.2, 0.25) is 0 Å². The molecule has 8 nitrogen and oxygen atoms in total. The molecule has 0 aliphatic carbocycles. The number of aromatic nitrogens is 4. The summed E-state index contributed by atoms with van der Waals surface area (Å²) in [6, 6.07) is 0. The lowest BCUT2D eigenvalue weighted by Gasteiger charge is -2.03. The van der Waals surface area contributed by atoms with Gasteiger partial charge in [-0.05, 0) is 12.8 Å². The number of rotatable bonds is 15. The fourth-order valence-corrected chi connectivity index (χ4v) is 3.34. The van der Waals surface area contributed by atoms with Gasteiger partial charge in [0, 0.05) is 18.1 Å². The van der Waals surface area contributed by atoms with Gasteiger partial charge in [-0.25, -0.2) is 13.8 Å². The van der Waals surface area contributed by atoms with Crippen LogP contribution >= 0.6 is 0 Å². The number of nitrogens with two attached hydrogens (primary N) is 1. The highest BCUT2D eigenvalue weighted by molar-refractivity contribution is 5.56. The summed E-state index contributed by atoms with van der Waals surface area (Å²) in [4.78, 5) is 0. The maximum absolute atomic E-state index is 6.25. The van der Waals surface area contributed by atoms with Crippen molar-refractivity contribution in [2.75, 3.05) is 12.3 Å². The molecule has 0 amide bonds. The molecule has 0 saturated heterocycles. The zero-order valence-electron chi connectivity index (χ0n) is 18.4. The van der Waals surface area contributed by atoms with Gasteiger partial charge in [0.2, 0.25) is 0 Å². The normalized spacial score (nSPS) is 11.7. The van der Waals surface area contributed by atoms with Gasteiger partial charge in [-0.2, -0.15) is 5.10 Å². The lowest BCUT2D eigenvalue weighted by atomic mass is 10.2. The second-order valence-corrected chi connectivity index (χ2v) is 7.65. The van der Waals surface area contributed by atoms with Crippen molar-refractivity contribution in [3.63, 3.8) is 0 Å². The molecular formula is C21H40N8+2. The molecule has 0 radical (unpaired) electrons. The Morgan fingerprint density at radius 3 is 2.41 bits per heavy atom. The highest BCUT2D eigenvalue weighted by Crippen LogP contribution is 2.24. The van der Waals surface area contributed by atoms with Crippen molar-refractivity contribution >= 4 is 17.5 Å². The van der Waals surface area contributed by atoms with E-state index in [9.17, 15) is 0 Å². The van der Waals surface area contributed by atoms with E-state index in [1.54, 1.807) is 6.20 Å². The lowest BCUT2D eigenvalue weighted by Crippen LogP contribution is -2.51. The quantitative estimate of drug-likeness (QED) is 0.268. The van der Waals surface area contributed by atoms with Gasteiger partial charge in [0.25, 0.3) is 0 Å². The van der Waals surface area contributed by atoms with Crippen LogP contribution < -0.4 is 16.0 Å².